The van der Waals surface area contributed by atoms with E-state index in [9.17, 15) is 8.78 Å². The van der Waals surface area contributed by atoms with Crippen LogP contribution in [0.1, 0.15) is 28.9 Å². The van der Waals surface area contributed by atoms with Crippen LogP contribution in [0.2, 0.25) is 5.02 Å². The van der Waals surface area contributed by atoms with Gasteiger partial charge in [0.25, 0.3) is 6.43 Å². The van der Waals surface area contributed by atoms with Gasteiger partial charge in [-0.1, -0.05) is 29.8 Å². The van der Waals surface area contributed by atoms with Crippen LogP contribution in [0.4, 0.5) is 14.7 Å². The minimum Gasteiger partial charge on any atom is -0.424 e. The molecule has 0 saturated heterocycles. The van der Waals surface area contributed by atoms with Gasteiger partial charge in [-0.25, -0.2) is 23.7 Å². The van der Waals surface area contributed by atoms with E-state index >= 15 is 0 Å². The zero-order valence-corrected chi connectivity index (χ0v) is 20.2. The highest BCUT2D eigenvalue weighted by molar-refractivity contribution is 6.30. The lowest BCUT2D eigenvalue weighted by Crippen LogP contribution is -2.05. The van der Waals surface area contributed by atoms with Gasteiger partial charge in [0.2, 0.25) is 5.95 Å². The molecule has 1 N–H and O–H groups in total. The van der Waals surface area contributed by atoms with Crippen molar-refractivity contribution in [3.63, 3.8) is 0 Å². The highest BCUT2D eigenvalue weighted by Crippen LogP contribution is 2.24. The molecule has 11 heteroatoms. The summed E-state index contributed by atoms with van der Waals surface area (Å²) in [7, 11) is 3.61. The van der Waals surface area contributed by atoms with Gasteiger partial charge in [0, 0.05) is 32.8 Å². The lowest BCUT2D eigenvalue weighted by atomic mass is 10.1. The van der Waals surface area contributed by atoms with Crippen LogP contribution in [0.15, 0.2) is 60.9 Å². The molecule has 0 atom stereocenters. The minimum absolute atomic E-state index is 0.210. The van der Waals surface area contributed by atoms with Crippen molar-refractivity contribution in [1.82, 2.24) is 29.3 Å². The monoisotopic (exact) mass is 509 g/mol. The topological polar surface area (TPSA) is 82.7 Å². The number of ether oxygens (including phenoxy) is 1. The Bertz CT molecular complexity index is 1500. The van der Waals surface area contributed by atoms with Gasteiger partial charge in [0.1, 0.15) is 11.4 Å². The van der Waals surface area contributed by atoms with Gasteiger partial charge in [-0.3, -0.25) is 4.68 Å². The number of benzene rings is 2. The fourth-order valence-corrected chi connectivity index (χ4v) is 3.93. The fraction of sp³-hybridized carbons (Fsp3) is 0.200. The van der Waals surface area contributed by atoms with Crippen molar-refractivity contribution in [2.45, 2.75) is 19.4 Å². The summed E-state index contributed by atoms with van der Waals surface area (Å²) in [6.07, 6.45) is 0.864. The van der Waals surface area contributed by atoms with Gasteiger partial charge in [0.15, 0.2) is 0 Å². The number of aryl methyl sites for hydroxylation is 2. The van der Waals surface area contributed by atoms with E-state index in [1.807, 2.05) is 54.1 Å². The average Bonchev–Trinajstić information content (AvgIpc) is 3.39. The van der Waals surface area contributed by atoms with E-state index in [1.165, 1.54) is 23.1 Å². The van der Waals surface area contributed by atoms with E-state index in [2.05, 4.69) is 25.4 Å². The van der Waals surface area contributed by atoms with Crippen LogP contribution in [0, 0.1) is 0 Å². The highest BCUT2D eigenvalue weighted by Gasteiger charge is 2.15. The molecular weight excluding hydrogens is 488 g/mol. The maximum Gasteiger partial charge on any atom is 0.321 e. The number of hydrogen-bond donors (Lipinski definition) is 1. The second-order valence-electron chi connectivity index (χ2n) is 8.26. The zero-order chi connectivity index (χ0) is 25.2. The third kappa shape index (κ3) is 5.13. The third-order valence-electron chi connectivity index (χ3n) is 5.73. The summed E-state index contributed by atoms with van der Waals surface area (Å²) < 4.78 is 35.0. The summed E-state index contributed by atoms with van der Waals surface area (Å²) in [5, 5.41) is 7.70. The molecule has 0 bridgehead atoms. The Balaban J connectivity index is 1.25. The molecular formula is C25H22ClF2N7O. The zero-order valence-electron chi connectivity index (χ0n) is 19.5. The lowest BCUT2D eigenvalue weighted by molar-refractivity contribution is 0.145. The Morgan fingerprint density at radius 2 is 1.72 bits per heavy atom. The number of alkyl halides is 2. The summed E-state index contributed by atoms with van der Waals surface area (Å²) >= 11 is 5.79. The van der Waals surface area contributed by atoms with Crippen molar-refractivity contribution in [2.75, 3.05) is 5.32 Å². The van der Waals surface area contributed by atoms with Crippen LogP contribution >= 0.6 is 11.6 Å². The molecule has 3 aromatic heterocycles. The number of nitrogens with one attached hydrogen (secondary N) is 1. The number of imidazole rings is 1. The van der Waals surface area contributed by atoms with Gasteiger partial charge < -0.3 is 14.6 Å². The predicted molar refractivity (Wildman–Crippen MR) is 133 cm³/mol. The van der Waals surface area contributed by atoms with Gasteiger partial charge in [-0.2, -0.15) is 5.10 Å². The SMILES string of the molecule is Cn1nc(C(F)F)cc1Cc1ccc2nc(NCc3ccc(Oc4ncc(Cl)cn4)cc3)n(C)c2c1. The van der Waals surface area contributed by atoms with Crippen molar-refractivity contribution >= 4 is 28.6 Å². The smallest absolute Gasteiger partial charge is 0.321 e. The van der Waals surface area contributed by atoms with Crippen LogP contribution in [0.5, 0.6) is 11.8 Å². The van der Waals surface area contributed by atoms with Crippen LogP contribution in [-0.4, -0.2) is 29.3 Å². The van der Waals surface area contributed by atoms with E-state index in [1.54, 1.807) is 7.05 Å². The first-order valence-corrected chi connectivity index (χ1v) is 11.5. The fourth-order valence-electron chi connectivity index (χ4n) is 3.83. The molecule has 8 nitrogen and oxygen atoms in total. The molecule has 36 heavy (non-hydrogen) atoms. The highest BCUT2D eigenvalue weighted by atomic mass is 35.5. The van der Waals surface area contributed by atoms with Crippen LogP contribution in [-0.2, 0) is 27.1 Å². The number of halogens is 3. The standard InChI is InChI=1S/C25H22ClF2N7O/c1-34-22-10-16(9-18-11-21(23(27)28)33-35(18)2)5-8-20(22)32-24(34)29-12-15-3-6-19(7-4-15)36-25-30-13-17(26)14-31-25/h3-8,10-11,13-14,23H,9,12H2,1-2H3,(H,29,32). The van der Waals surface area contributed by atoms with Crippen LogP contribution in [0.3, 0.4) is 0 Å². The first kappa shape index (κ1) is 23.7. The number of anilines is 1. The summed E-state index contributed by atoms with van der Waals surface area (Å²) in [5.41, 5.74) is 4.32. The molecule has 0 unspecified atom stereocenters. The molecule has 0 amide bonds. The van der Waals surface area contributed by atoms with E-state index < -0.39 is 6.43 Å². The maximum atomic E-state index is 13.0. The molecule has 184 valence electrons. The Labute approximate surface area is 210 Å². The molecule has 0 spiro atoms. The number of hydrogen-bond acceptors (Lipinski definition) is 6. The number of fused-ring (bicyclic) bond motifs is 1. The van der Waals surface area contributed by atoms with Gasteiger partial charge in [-0.15, -0.1) is 0 Å². The molecule has 0 aliphatic carbocycles. The Morgan fingerprint density at radius 3 is 2.42 bits per heavy atom. The molecule has 0 radical (unpaired) electrons. The molecule has 0 fully saturated rings. The molecule has 2 aromatic carbocycles. The van der Waals surface area contributed by atoms with Gasteiger partial charge >= 0.3 is 6.01 Å². The van der Waals surface area contributed by atoms with Crippen LogP contribution < -0.4 is 10.1 Å². The molecule has 0 saturated carbocycles. The summed E-state index contributed by atoms with van der Waals surface area (Å²) in [4.78, 5) is 12.7. The second kappa shape index (κ2) is 9.90. The summed E-state index contributed by atoms with van der Waals surface area (Å²) in [6, 6.07) is 15.2. The van der Waals surface area contributed by atoms with E-state index in [-0.39, 0.29) is 11.7 Å². The minimum atomic E-state index is -2.58. The molecule has 0 aliphatic rings. The van der Waals surface area contributed by atoms with Crippen LogP contribution in [0.25, 0.3) is 11.0 Å². The second-order valence-corrected chi connectivity index (χ2v) is 8.70. The van der Waals surface area contributed by atoms with E-state index in [0.717, 1.165) is 33.8 Å². The Morgan fingerprint density at radius 1 is 1.00 bits per heavy atom. The first-order valence-electron chi connectivity index (χ1n) is 11.1. The molecule has 3 heterocycles. The van der Waals surface area contributed by atoms with Crippen molar-refractivity contribution in [1.29, 1.82) is 0 Å². The third-order valence-corrected chi connectivity index (χ3v) is 5.92. The molecule has 0 aliphatic heterocycles. The normalized spacial score (nSPS) is 11.4. The van der Waals surface area contributed by atoms with Gasteiger partial charge in [0.05, 0.1) is 28.4 Å². The van der Waals surface area contributed by atoms with Crippen molar-refractivity contribution < 1.29 is 13.5 Å². The lowest BCUT2D eigenvalue weighted by Gasteiger charge is -2.08. The van der Waals surface area contributed by atoms with Crippen molar-refractivity contribution in [3.8, 4) is 11.8 Å². The Kier molecular flexibility index (Phi) is 6.51. The quantitative estimate of drug-likeness (QED) is 0.289. The van der Waals surface area contributed by atoms with Crippen molar-refractivity contribution in [2.24, 2.45) is 14.1 Å². The largest absolute Gasteiger partial charge is 0.424 e. The Hall–Kier alpha value is -4.05. The average molecular weight is 510 g/mol. The van der Waals surface area contributed by atoms with E-state index in [4.69, 9.17) is 16.3 Å². The molecule has 5 aromatic rings. The summed E-state index contributed by atoms with van der Waals surface area (Å²) in [6.45, 7) is 0.563. The maximum absolute atomic E-state index is 13.0. The van der Waals surface area contributed by atoms with Crippen molar-refractivity contribution in [3.05, 3.63) is 88.5 Å². The predicted octanol–water partition coefficient (Wildman–Crippen LogP) is 5.68. The molecule has 5 rings (SSSR count). The number of aromatic nitrogens is 6. The first-order chi connectivity index (χ1) is 17.4. The summed E-state index contributed by atoms with van der Waals surface area (Å²) in [5.74, 6) is 1.34. The number of nitrogens with zero attached hydrogens (tertiary/aromatic N) is 6. The number of rotatable bonds is 8. The van der Waals surface area contributed by atoms with E-state index in [0.29, 0.717) is 23.7 Å². The van der Waals surface area contributed by atoms with Gasteiger partial charge in [-0.05, 0) is 41.5 Å².